The number of fused-ring (bicyclic) bond motifs is 4. The number of aryl methyl sites for hydroxylation is 2. The van der Waals surface area contributed by atoms with Gasteiger partial charge >= 0.3 is 0 Å². The van der Waals surface area contributed by atoms with Crippen LogP contribution in [0.4, 0.5) is 5.69 Å². The smallest absolute Gasteiger partial charge is 0.251 e. The largest absolute Gasteiger partial charge is 0.491 e. The number of hydrogen-bond donors (Lipinski definition) is 4. The summed E-state index contributed by atoms with van der Waals surface area (Å²) >= 11 is 0. The molecule has 1 heterocycles. The SMILES string of the molecule is CO[C@H](CC(O)[C@@H]1COc2cccc(c2)CCCCc2cc(cc(N(C)S(=O)(=O)C(C)C)c2)C(=O)N1)C(=O)N[C@H](C(=O)NCc1ccccc1)C(C)C. The number of anilines is 1. The zero-order valence-electron chi connectivity index (χ0n) is 31.5. The minimum Gasteiger partial charge on any atom is -0.491 e. The zero-order chi connectivity index (χ0) is 38.7. The molecule has 0 radical (unpaired) electrons. The van der Waals surface area contributed by atoms with Crippen LogP contribution in [0.25, 0.3) is 0 Å². The van der Waals surface area contributed by atoms with Crippen molar-refractivity contribution in [1.82, 2.24) is 16.0 Å². The van der Waals surface area contributed by atoms with Crippen molar-refractivity contribution in [3.8, 4) is 5.75 Å². The molecule has 0 saturated heterocycles. The number of sulfonamides is 1. The van der Waals surface area contributed by atoms with Gasteiger partial charge in [0.25, 0.3) is 5.91 Å². The number of rotatable bonds is 13. The molecular weight excluding hydrogens is 697 g/mol. The zero-order valence-corrected chi connectivity index (χ0v) is 32.3. The number of carbonyl (C=O) groups excluding carboxylic acids is 3. The van der Waals surface area contributed by atoms with E-state index < -0.39 is 51.4 Å². The van der Waals surface area contributed by atoms with Crippen LogP contribution in [0.3, 0.4) is 0 Å². The summed E-state index contributed by atoms with van der Waals surface area (Å²) in [5.74, 6) is -1.18. The molecule has 1 unspecified atom stereocenters. The van der Waals surface area contributed by atoms with Gasteiger partial charge in [0.05, 0.1) is 23.1 Å². The second-order valence-electron chi connectivity index (χ2n) is 14.2. The van der Waals surface area contributed by atoms with Gasteiger partial charge in [0.15, 0.2) is 0 Å². The second kappa shape index (κ2) is 19.0. The Morgan fingerprint density at radius 3 is 2.32 bits per heavy atom. The van der Waals surface area contributed by atoms with E-state index in [2.05, 4.69) is 16.0 Å². The maximum Gasteiger partial charge on any atom is 0.251 e. The van der Waals surface area contributed by atoms with Crippen molar-refractivity contribution in [1.29, 1.82) is 0 Å². The third-order valence-electron chi connectivity index (χ3n) is 9.46. The van der Waals surface area contributed by atoms with E-state index in [0.717, 1.165) is 36.0 Å². The maximum atomic E-state index is 13.9. The Bertz CT molecular complexity index is 1800. The van der Waals surface area contributed by atoms with Gasteiger partial charge in [-0.25, -0.2) is 8.42 Å². The summed E-state index contributed by atoms with van der Waals surface area (Å²) < 4.78 is 39.0. The van der Waals surface area contributed by atoms with Crippen LogP contribution in [0.2, 0.25) is 0 Å². The number of aliphatic hydroxyl groups is 1. The minimum absolute atomic E-state index is 0.140. The van der Waals surface area contributed by atoms with Gasteiger partial charge in [-0.3, -0.25) is 18.7 Å². The van der Waals surface area contributed by atoms with Crippen LogP contribution in [0, 0.1) is 5.92 Å². The summed E-state index contributed by atoms with van der Waals surface area (Å²) in [6.45, 7) is 6.99. The van der Waals surface area contributed by atoms with Gasteiger partial charge in [0.2, 0.25) is 21.8 Å². The average molecular weight is 751 g/mol. The first-order valence-electron chi connectivity index (χ1n) is 18.2. The van der Waals surface area contributed by atoms with E-state index >= 15 is 0 Å². The first-order chi connectivity index (χ1) is 25.2. The van der Waals surface area contributed by atoms with E-state index in [9.17, 15) is 27.9 Å². The molecule has 12 nitrogen and oxygen atoms in total. The Morgan fingerprint density at radius 1 is 0.962 bits per heavy atom. The average Bonchev–Trinajstić information content (AvgIpc) is 3.14. The van der Waals surface area contributed by atoms with Crippen molar-refractivity contribution >= 4 is 33.4 Å². The van der Waals surface area contributed by atoms with E-state index in [4.69, 9.17) is 9.47 Å². The standard InChI is InChI=1S/C40H54N4O8S/c1-26(2)37(40(48)41-24-29-14-8-7-9-15-29)43-39(47)36(51-6)23-35(45)34-25-52-33-18-12-17-28(21-33)13-10-11-16-30-19-31(38(46)42-34)22-32(20-30)44(5)53(49,50)27(3)4/h7-9,12,14-15,17-22,26-27,34-37,45H,10-11,13,16,23-25H2,1-6H3,(H,41,48)(H,42,46)(H,43,47)/t34-,35?,36+,37-/m0/s1. The van der Waals surface area contributed by atoms with Gasteiger partial charge in [-0.15, -0.1) is 0 Å². The van der Waals surface area contributed by atoms with Gasteiger partial charge < -0.3 is 30.5 Å². The van der Waals surface area contributed by atoms with Crippen molar-refractivity contribution in [2.24, 2.45) is 5.92 Å². The maximum absolute atomic E-state index is 13.9. The summed E-state index contributed by atoms with van der Waals surface area (Å²) in [6.07, 6.45) is 0.361. The first kappa shape index (κ1) is 41.3. The molecule has 3 aromatic rings. The molecule has 288 valence electrons. The molecule has 13 heteroatoms. The topological polar surface area (TPSA) is 163 Å². The number of ether oxygens (including phenoxy) is 2. The van der Waals surface area contributed by atoms with Crippen LogP contribution in [0.15, 0.2) is 72.8 Å². The summed E-state index contributed by atoms with van der Waals surface area (Å²) in [7, 11) is -0.875. The molecule has 1 aliphatic rings. The Hall–Kier alpha value is -4.46. The molecule has 3 aromatic carbocycles. The van der Waals surface area contributed by atoms with Gasteiger partial charge in [0.1, 0.15) is 24.5 Å². The van der Waals surface area contributed by atoms with Crippen LogP contribution < -0.4 is 25.0 Å². The lowest BCUT2D eigenvalue weighted by molar-refractivity contribution is -0.137. The summed E-state index contributed by atoms with van der Waals surface area (Å²) in [5.41, 5.74) is 3.36. The molecule has 3 amide bonds. The number of benzene rings is 3. The number of methoxy groups -OCH3 is 1. The fourth-order valence-corrected chi connectivity index (χ4v) is 7.13. The van der Waals surface area contributed by atoms with Crippen molar-refractivity contribution in [3.05, 3.63) is 95.1 Å². The first-order valence-corrected chi connectivity index (χ1v) is 19.7. The van der Waals surface area contributed by atoms with Crippen LogP contribution in [0.1, 0.15) is 74.0 Å². The van der Waals surface area contributed by atoms with E-state index in [-0.39, 0.29) is 30.4 Å². The van der Waals surface area contributed by atoms with Crippen molar-refractivity contribution in [3.63, 3.8) is 0 Å². The molecule has 1 aliphatic heterocycles. The highest BCUT2D eigenvalue weighted by molar-refractivity contribution is 7.93. The molecule has 0 spiro atoms. The fourth-order valence-electron chi connectivity index (χ4n) is 6.10. The number of aliphatic hydroxyl groups excluding tert-OH is 1. The Balaban J connectivity index is 1.57. The van der Waals surface area contributed by atoms with E-state index in [1.165, 1.54) is 24.5 Å². The Labute approximate surface area is 313 Å². The number of nitrogens with zero attached hydrogens (tertiary/aromatic N) is 1. The normalized spacial score (nSPS) is 17.0. The number of amides is 3. The highest BCUT2D eigenvalue weighted by Gasteiger charge is 2.33. The molecule has 0 aromatic heterocycles. The third-order valence-corrected chi connectivity index (χ3v) is 11.6. The molecule has 0 saturated carbocycles. The highest BCUT2D eigenvalue weighted by Crippen LogP contribution is 2.25. The monoisotopic (exact) mass is 750 g/mol. The second-order valence-corrected chi connectivity index (χ2v) is 16.7. The molecule has 0 fully saturated rings. The molecule has 4 N–H and O–H groups in total. The number of nitrogens with one attached hydrogen (secondary N) is 3. The van der Waals surface area contributed by atoms with Crippen molar-refractivity contribution in [2.45, 2.75) is 95.9 Å². The molecule has 4 atom stereocenters. The Morgan fingerprint density at radius 2 is 1.66 bits per heavy atom. The lowest BCUT2D eigenvalue weighted by Crippen LogP contribution is -2.54. The molecule has 4 rings (SSSR count). The Kier molecular flexibility index (Phi) is 14.8. The van der Waals surface area contributed by atoms with E-state index in [1.807, 2.05) is 62.4 Å². The van der Waals surface area contributed by atoms with Gasteiger partial charge in [-0.1, -0.05) is 56.3 Å². The lowest BCUT2D eigenvalue weighted by Gasteiger charge is -2.29. The number of carbonyl (C=O) groups is 3. The third kappa shape index (κ3) is 11.5. The number of hydrogen-bond acceptors (Lipinski definition) is 8. The van der Waals surface area contributed by atoms with Gasteiger partial charge in [0, 0.05) is 32.7 Å². The molecular formula is C40H54N4O8S. The van der Waals surface area contributed by atoms with E-state index in [0.29, 0.717) is 24.4 Å². The summed E-state index contributed by atoms with van der Waals surface area (Å²) in [4.78, 5) is 40.6. The fraction of sp³-hybridized carbons (Fsp3) is 0.475. The van der Waals surface area contributed by atoms with E-state index in [1.54, 1.807) is 32.0 Å². The predicted molar refractivity (Wildman–Crippen MR) is 205 cm³/mol. The summed E-state index contributed by atoms with van der Waals surface area (Å²) in [6, 6.07) is 20.2. The van der Waals surface area contributed by atoms with Crippen molar-refractivity contribution < 1.29 is 37.4 Å². The highest BCUT2D eigenvalue weighted by atomic mass is 32.2. The molecule has 53 heavy (non-hydrogen) atoms. The van der Waals surface area contributed by atoms with Crippen LogP contribution >= 0.6 is 0 Å². The van der Waals surface area contributed by atoms with Crippen molar-refractivity contribution in [2.75, 3.05) is 25.1 Å². The molecule has 0 aliphatic carbocycles. The predicted octanol–water partition coefficient (Wildman–Crippen LogP) is 4.14. The van der Waals surface area contributed by atoms with Crippen LogP contribution in [0.5, 0.6) is 5.75 Å². The quantitative estimate of drug-likeness (QED) is 0.203. The summed E-state index contributed by atoms with van der Waals surface area (Å²) in [5, 5.41) is 19.4. The lowest BCUT2D eigenvalue weighted by atomic mass is 10.00. The molecule has 4 bridgehead atoms. The van der Waals surface area contributed by atoms with Gasteiger partial charge in [-0.2, -0.15) is 0 Å². The van der Waals surface area contributed by atoms with Crippen LogP contribution in [-0.4, -0.2) is 81.6 Å². The van der Waals surface area contributed by atoms with Gasteiger partial charge in [-0.05, 0) is 92.5 Å². The van der Waals surface area contributed by atoms with Crippen LogP contribution in [-0.2, 0) is 43.7 Å². The minimum atomic E-state index is -3.68.